The third-order valence-electron chi connectivity index (χ3n) is 8.16. The summed E-state index contributed by atoms with van der Waals surface area (Å²) in [6.07, 6.45) is 8.55. The number of halogens is 1. The molecule has 2 aliphatic rings. The van der Waals surface area contributed by atoms with Crippen molar-refractivity contribution >= 4 is 16.8 Å². The van der Waals surface area contributed by atoms with E-state index in [2.05, 4.69) is 40.9 Å². The fourth-order valence-corrected chi connectivity index (χ4v) is 6.00. The van der Waals surface area contributed by atoms with Gasteiger partial charge in [0.2, 0.25) is 0 Å². The zero-order valence-corrected chi connectivity index (χ0v) is 20.8. The molecule has 1 atom stereocenters. The molecule has 0 spiro atoms. The van der Waals surface area contributed by atoms with Crippen molar-refractivity contribution in [3.8, 4) is 0 Å². The zero-order chi connectivity index (χ0) is 24.4. The summed E-state index contributed by atoms with van der Waals surface area (Å²) >= 11 is 0. The van der Waals surface area contributed by atoms with Crippen molar-refractivity contribution in [2.24, 2.45) is 5.73 Å². The van der Waals surface area contributed by atoms with E-state index in [4.69, 9.17) is 5.73 Å². The van der Waals surface area contributed by atoms with Crippen molar-refractivity contribution in [3.63, 3.8) is 0 Å². The highest BCUT2D eigenvalue weighted by Gasteiger charge is 2.28. The molecule has 1 unspecified atom stereocenters. The van der Waals surface area contributed by atoms with Crippen LogP contribution in [0.4, 0.5) is 4.39 Å². The Morgan fingerprint density at radius 2 is 1.83 bits per heavy atom. The highest BCUT2D eigenvalue weighted by Crippen LogP contribution is 2.32. The SMILES string of the molecule is C.CN1CCCCC1CCn1cc(C(=O)N2CCC(c3cc(CN)ccc3F)CC2)c2ccccc21. The number of aryl methyl sites for hydroxylation is 1. The molecule has 36 heavy (non-hydrogen) atoms. The first kappa shape index (κ1) is 26.4. The number of hydrogen-bond donors (Lipinski definition) is 1. The molecule has 2 N–H and O–H groups in total. The summed E-state index contributed by atoms with van der Waals surface area (Å²) in [4.78, 5) is 18.0. The topological polar surface area (TPSA) is 54.5 Å². The highest BCUT2D eigenvalue weighted by molar-refractivity contribution is 6.07. The minimum Gasteiger partial charge on any atom is -0.347 e. The summed E-state index contributed by atoms with van der Waals surface area (Å²) in [7, 11) is 2.23. The number of carbonyl (C=O) groups is 1. The largest absolute Gasteiger partial charge is 0.347 e. The molecule has 2 fully saturated rings. The van der Waals surface area contributed by atoms with Crippen LogP contribution in [0.1, 0.15) is 73.4 Å². The van der Waals surface area contributed by atoms with Gasteiger partial charge in [-0.15, -0.1) is 0 Å². The number of amides is 1. The second-order valence-corrected chi connectivity index (χ2v) is 10.3. The molecule has 5 nitrogen and oxygen atoms in total. The van der Waals surface area contributed by atoms with Gasteiger partial charge in [0.25, 0.3) is 5.91 Å². The number of nitrogens with zero attached hydrogens (tertiary/aromatic N) is 3. The maximum atomic E-state index is 14.5. The number of para-hydroxylation sites is 1. The fourth-order valence-electron chi connectivity index (χ4n) is 6.00. The standard InChI is InChI=1S/C29H37FN4O.CH4/c1-32-14-5-4-6-23(32)13-17-34-20-26(24-7-2-3-8-28(24)34)29(35)33-15-11-22(12-16-33)25-18-21(19-31)9-10-27(25)30;/h2-3,7-10,18,20,22-23H,4-6,11-17,19,31H2,1H3;1H4. The molecule has 194 valence electrons. The first-order chi connectivity index (χ1) is 17.0. The number of piperidine rings is 2. The van der Waals surface area contributed by atoms with Crippen molar-refractivity contribution in [2.75, 3.05) is 26.7 Å². The van der Waals surface area contributed by atoms with Gasteiger partial charge in [0.05, 0.1) is 5.56 Å². The maximum absolute atomic E-state index is 14.5. The lowest BCUT2D eigenvalue weighted by molar-refractivity contribution is 0.0714. The van der Waals surface area contributed by atoms with E-state index in [0.29, 0.717) is 25.7 Å². The minimum absolute atomic E-state index is 0. The van der Waals surface area contributed by atoms with Gasteiger partial charge in [0, 0.05) is 49.3 Å². The Morgan fingerprint density at radius 3 is 2.58 bits per heavy atom. The average Bonchev–Trinajstić information content (AvgIpc) is 3.27. The van der Waals surface area contributed by atoms with Crippen molar-refractivity contribution in [3.05, 3.63) is 71.2 Å². The molecule has 0 radical (unpaired) electrons. The van der Waals surface area contributed by atoms with Crippen LogP contribution in [0.5, 0.6) is 0 Å². The number of carbonyl (C=O) groups excluding carboxylic acids is 1. The predicted molar refractivity (Wildman–Crippen MR) is 146 cm³/mol. The van der Waals surface area contributed by atoms with Crippen LogP contribution in [-0.2, 0) is 13.1 Å². The predicted octanol–water partition coefficient (Wildman–Crippen LogP) is 5.77. The number of rotatable bonds is 6. The molecular formula is C30H41FN4O. The summed E-state index contributed by atoms with van der Waals surface area (Å²) in [5.41, 5.74) is 9.37. The zero-order valence-electron chi connectivity index (χ0n) is 20.8. The number of nitrogens with two attached hydrogens (primary N) is 1. The van der Waals surface area contributed by atoms with Crippen molar-refractivity contribution in [1.29, 1.82) is 0 Å². The Balaban J connectivity index is 0.00000304. The van der Waals surface area contributed by atoms with Gasteiger partial charge in [-0.25, -0.2) is 4.39 Å². The van der Waals surface area contributed by atoms with Crippen molar-refractivity contribution in [2.45, 2.75) is 71.0 Å². The quantitative estimate of drug-likeness (QED) is 0.475. The van der Waals surface area contributed by atoms with E-state index in [1.807, 2.05) is 17.0 Å². The molecule has 1 amide bonds. The van der Waals surface area contributed by atoms with Gasteiger partial charge in [-0.3, -0.25) is 4.79 Å². The van der Waals surface area contributed by atoms with E-state index in [1.165, 1.54) is 31.9 Å². The molecule has 0 aliphatic carbocycles. The van der Waals surface area contributed by atoms with Crippen LogP contribution in [0.15, 0.2) is 48.7 Å². The van der Waals surface area contributed by atoms with Crippen LogP contribution in [0, 0.1) is 5.82 Å². The van der Waals surface area contributed by atoms with Gasteiger partial charge in [0.15, 0.2) is 0 Å². The highest BCUT2D eigenvalue weighted by atomic mass is 19.1. The Hall–Kier alpha value is -2.70. The van der Waals surface area contributed by atoms with E-state index in [1.54, 1.807) is 6.07 Å². The summed E-state index contributed by atoms with van der Waals surface area (Å²) in [6.45, 7) is 3.79. The lowest BCUT2D eigenvalue weighted by Crippen LogP contribution is -2.38. The van der Waals surface area contributed by atoms with E-state index in [0.717, 1.165) is 53.4 Å². The molecule has 3 heterocycles. The lowest BCUT2D eigenvalue weighted by Gasteiger charge is -2.32. The Kier molecular flexibility index (Phi) is 8.47. The molecule has 0 saturated carbocycles. The van der Waals surface area contributed by atoms with Crippen LogP contribution < -0.4 is 5.73 Å². The van der Waals surface area contributed by atoms with E-state index >= 15 is 0 Å². The first-order valence-electron chi connectivity index (χ1n) is 13.1. The maximum Gasteiger partial charge on any atom is 0.256 e. The second kappa shape index (κ2) is 11.6. The average molecular weight is 493 g/mol. The fraction of sp³-hybridized carbons (Fsp3) is 0.500. The summed E-state index contributed by atoms with van der Waals surface area (Å²) in [6, 6.07) is 14.0. The normalized spacial score (nSPS) is 19.4. The van der Waals surface area contributed by atoms with Gasteiger partial charge in [-0.2, -0.15) is 0 Å². The third kappa shape index (κ3) is 5.35. The van der Waals surface area contributed by atoms with Crippen LogP contribution in [0.25, 0.3) is 10.9 Å². The molecule has 2 aromatic carbocycles. The van der Waals surface area contributed by atoms with Crippen LogP contribution in [0.2, 0.25) is 0 Å². The molecule has 6 heteroatoms. The number of aromatic nitrogens is 1. The number of benzene rings is 2. The monoisotopic (exact) mass is 492 g/mol. The summed E-state index contributed by atoms with van der Waals surface area (Å²) < 4.78 is 16.8. The Morgan fingerprint density at radius 1 is 1.06 bits per heavy atom. The van der Waals surface area contributed by atoms with Crippen molar-refractivity contribution < 1.29 is 9.18 Å². The first-order valence-corrected chi connectivity index (χ1v) is 13.1. The van der Waals surface area contributed by atoms with Gasteiger partial charge < -0.3 is 20.1 Å². The van der Waals surface area contributed by atoms with Crippen LogP contribution >= 0.6 is 0 Å². The number of hydrogen-bond acceptors (Lipinski definition) is 3. The second-order valence-electron chi connectivity index (χ2n) is 10.3. The number of likely N-dealkylation sites (tertiary alicyclic amines) is 2. The molecule has 2 aliphatic heterocycles. The van der Waals surface area contributed by atoms with Gasteiger partial charge in [-0.1, -0.05) is 44.2 Å². The molecule has 0 bridgehead atoms. The van der Waals surface area contributed by atoms with Gasteiger partial charge in [-0.05, 0) is 74.9 Å². The van der Waals surface area contributed by atoms with Crippen LogP contribution in [-0.4, -0.2) is 53.0 Å². The third-order valence-corrected chi connectivity index (χ3v) is 8.16. The van der Waals surface area contributed by atoms with Gasteiger partial charge in [0.1, 0.15) is 5.82 Å². The minimum atomic E-state index is -0.168. The molecule has 3 aromatic rings. The lowest BCUT2D eigenvalue weighted by atomic mass is 9.88. The van der Waals surface area contributed by atoms with Gasteiger partial charge >= 0.3 is 0 Å². The molecular weight excluding hydrogens is 451 g/mol. The summed E-state index contributed by atoms with van der Waals surface area (Å²) in [5, 5.41) is 1.03. The van der Waals surface area contributed by atoms with E-state index in [-0.39, 0.29) is 25.1 Å². The van der Waals surface area contributed by atoms with E-state index < -0.39 is 0 Å². The Labute approximate surface area is 215 Å². The smallest absolute Gasteiger partial charge is 0.256 e. The van der Waals surface area contributed by atoms with E-state index in [9.17, 15) is 9.18 Å². The van der Waals surface area contributed by atoms with Crippen LogP contribution in [0.3, 0.4) is 0 Å². The number of fused-ring (bicyclic) bond motifs is 1. The summed E-state index contributed by atoms with van der Waals surface area (Å²) in [5.74, 6) is 0.0439. The Bertz CT molecular complexity index is 1180. The van der Waals surface area contributed by atoms with Crippen molar-refractivity contribution in [1.82, 2.24) is 14.4 Å². The molecule has 1 aromatic heterocycles. The molecule has 5 rings (SSSR count). The molecule has 2 saturated heterocycles.